The standard InChI is InChI=1S/C12H15N3O5/c1-19-12(18)9-5-13-6-10(14-9)15-2-3-20-8(7-15)4-11(16)17/h5-6,8H,2-4,7H2,1H3,(H,16,17). The van der Waals surface area contributed by atoms with Gasteiger partial charge >= 0.3 is 11.9 Å². The summed E-state index contributed by atoms with van der Waals surface area (Å²) in [7, 11) is 1.27. The van der Waals surface area contributed by atoms with Gasteiger partial charge in [0.05, 0.1) is 38.6 Å². The Morgan fingerprint density at radius 2 is 2.35 bits per heavy atom. The molecule has 0 amide bonds. The van der Waals surface area contributed by atoms with Gasteiger partial charge in [-0.05, 0) is 0 Å². The molecular weight excluding hydrogens is 266 g/mol. The van der Waals surface area contributed by atoms with E-state index in [-0.39, 0.29) is 12.1 Å². The van der Waals surface area contributed by atoms with Crippen molar-refractivity contribution in [3.8, 4) is 0 Å². The first-order valence-corrected chi connectivity index (χ1v) is 6.09. The predicted octanol–water partition coefficient (Wildman–Crippen LogP) is -0.0569. The molecule has 8 heteroatoms. The molecule has 1 unspecified atom stereocenters. The summed E-state index contributed by atoms with van der Waals surface area (Å²) >= 11 is 0. The van der Waals surface area contributed by atoms with E-state index in [4.69, 9.17) is 9.84 Å². The van der Waals surface area contributed by atoms with Crippen LogP contribution in [0.25, 0.3) is 0 Å². The Balaban J connectivity index is 2.10. The Labute approximate surface area is 115 Å². The highest BCUT2D eigenvalue weighted by molar-refractivity contribution is 5.87. The second-order valence-corrected chi connectivity index (χ2v) is 4.29. The lowest BCUT2D eigenvalue weighted by atomic mass is 10.2. The molecule has 1 atom stereocenters. The van der Waals surface area contributed by atoms with Crippen LogP contribution in [0.4, 0.5) is 5.82 Å². The van der Waals surface area contributed by atoms with Gasteiger partial charge < -0.3 is 19.5 Å². The summed E-state index contributed by atoms with van der Waals surface area (Å²) in [6.45, 7) is 1.36. The first-order valence-electron chi connectivity index (χ1n) is 6.09. The molecule has 2 heterocycles. The number of hydrogen-bond acceptors (Lipinski definition) is 7. The van der Waals surface area contributed by atoms with Gasteiger partial charge in [0.1, 0.15) is 5.82 Å². The molecule has 1 N–H and O–H groups in total. The summed E-state index contributed by atoms with van der Waals surface area (Å²) in [4.78, 5) is 32.1. The van der Waals surface area contributed by atoms with Crippen LogP contribution in [0.2, 0.25) is 0 Å². The highest BCUT2D eigenvalue weighted by atomic mass is 16.5. The molecule has 0 saturated carbocycles. The van der Waals surface area contributed by atoms with Crippen molar-refractivity contribution in [3.05, 3.63) is 18.1 Å². The van der Waals surface area contributed by atoms with Crippen LogP contribution < -0.4 is 4.90 Å². The number of aliphatic carboxylic acids is 1. The number of ether oxygens (including phenoxy) is 2. The largest absolute Gasteiger partial charge is 0.481 e. The van der Waals surface area contributed by atoms with Gasteiger partial charge in [0, 0.05) is 13.1 Å². The van der Waals surface area contributed by atoms with Gasteiger partial charge in [0.25, 0.3) is 0 Å². The number of carboxylic acid groups (broad SMARTS) is 1. The number of methoxy groups -OCH3 is 1. The second kappa shape index (κ2) is 6.29. The number of carbonyl (C=O) groups is 2. The number of aromatic nitrogens is 2. The lowest BCUT2D eigenvalue weighted by Gasteiger charge is -2.32. The number of morpholine rings is 1. The van der Waals surface area contributed by atoms with Gasteiger partial charge in [-0.2, -0.15) is 0 Å². The fourth-order valence-corrected chi connectivity index (χ4v) is 1.96. The zero-order chi connectivity index (χ0) is 14.5. The molecule has 1 aromatic rings. The number of rotatable bonds is 4. The van der Waals surface area contributed by atoms with E-state index in [1.807, 2.05) is 4.90 Å². The lowest BCUT2D eigenvalue weighted by molar-refractivity contribution is -0.140. The van der Waals surface area contributed by atoms with Crippen molar-refractivity contribution in [2.45, 2.75) is 12.5 Å². The third-order valence-corrected chi connectivity index (χ3v) is 2.88. The minimum Gasteiger partial charge on any atom is -0.481 e. The third kappa shape index (κ3) is 3.41. The van der Waals surface area contributed by atoms with E-state index in [1.54, 1.807) is 0 Å². The highest BCUT2D eigenvalue weighted by Gasteiger charge is 2.24. The quantitative estimate of drug-likeness (QED) is 0.766. The third-order valence-electron chi connectivity index (χ3n) is 2.88. The van der Waals surface area contributed by atoms with Gasteiger partial charge in [0.2, 0.25) is 0 Å². The average Bonchev–Trinajstić information content (AvgIpc) is 2.46. The van der Waals surface area contributed by atoms with Crippen LogP contribution in [0.1, 0.15) is 16.9 Å². The topological polar surface area (TPSA) is 102 Å². The summed E-state index contributed by atoms with van der Waals surface area (Å²) < 4.78 is 9.97. The number of hydrogen-bond donors (Lipinski definition) is 1. The van der Waals surface area contributed by atoms with Crippen molar-refractivity contribution in [2.24, 2.45) is 0 Å². The summed E-state index contributed by atoms with van der Waals surface area (Å²) in [5.74, 6) is -0.965. The Hall–Kier alpha value is -2.22. The van der Waals surface area contributed by atoms with Crippen molar-refractivity contribution in [3.63, 3.8) is 0 Å². The normalized spacial score (nSPS) is 18.6. The fourth-order valence-electron chi connectivity index (χ4n) is 1.96. The van der Waals surface area contributed by atoms with E-state index < -0.39 is 18.0 Å². The van der Waals surface area contributed by atoms with Crippen LogP contribution in [0.5, 0.6) is 0 Å². The minimum absolute atomic E-state index is 0.0688. The smallest absolute Gasteiger partial charge is 0.358 e. The SMILES string of the molecule is COC(=O)c1cncc(N2CCOC(CC(=O)O)C2)n1. The number of carboxylic acids is 1. The predicted molar refractivity (Wildman–Crippen MR) is 67.6 cm³/mol. The minimum atomic E-state index is -0.911. The van der Waals surface area contributed by atoms with Gasteiger partial charge in [0.15, 0.2) is 5.69 Å². The molecule has 1 fully saturated rings. The molecule has 1 aromatic heterocycles. The van der Waals surface area contributed by atoms with Gasteiger partial charge in [-0.15, -0.1) is 0 Å². The molecule has 20 heavy (non-hydrogen) atoms. The zero-order valence-electron chi connectivity index (χ0n) is 11.0. The van der Waals surface area contributed by atoms with Crippen LogP contribution in [0.15, 0.2) is 12.4 Å². The summed E-state index contributed by atoms with van der Waals surface area (Å²) in [6.07, 6.45) is 2.38. The molecule has 1 saturated heterocycles. The maximum absolute atomic E-state index is 11.4. The lowest BCUT2D eigenvalue weighted by Crippen LogP contribution is -2.43. The van der Waals surface area contributed by atoms with Gasteiger partial charge in [-0.1, -0.05) is 0 Å². The van der Waals surface area contributed by atoms with Crippen LogP contribution in [0, 0.1) is 0 Å². The van der Waals surface area contributed by atoms with Crippen LogP contribution >= 0.6 is 0 Å². The molecular formula is C12H15N3O5. The highest BCUT2D eigenvalue weighted by Crippen LogP contribution is 2.16. The molecule has 0 radical (unpaired) electrons. The van der Waals surface area contributed by atoms with Crippen molar-refractivity contribution in [2.75, 3.05) is 31.7 Å². The summed E-state index contributed by atoms with van der Waals surface area (Å²) in [5, 5.41) is 8.78. The molecule has 1 aliphatic heterocycles. The molecule has 0 spiro atoms. The zero-order valence-corrected chi connectivity index (χ0v) is 11.0. The molecule has 8 nitrogen and oxygen atoms in total. The van der Waals surface area contributed by atoms with Crippen molar-refractivity contribution >= 4 is 17.8 Å². The first kappa shape index (κ1) is 14.2. The monoisotopic (exact) mass is 281 g/mol. The average molecular weight is 281 g/mol. The van der Waals surface area contributed by atoms with E-state index >= 15 is 0 Å². The number of esters is 1. The molecule has 2 rings (SSSR count). The van der Waals surface area contributed by atoms with Gasteiger partial charge in [-0.3, -0.25) is 9.78 Å². The number of nitrogens with zero attached hydrogens (tertiary/aromatic N) is 3. The molecule has 0 aromatic carbocycles. The van der Waals surface area contributed by atoms with Crippen molar-refractivity contribution in [1.82, 2.24) is 9.97 Å². The Morgan fingerprint density at radius 3 is 3.05 bits per heavy atom. The molecule has 0 aliphatic carbocycles. The maximum atomic E-state index is 11.4. The van der Waals surface area contributed by atoms with Crippen molar-refractivity contribution < 1.29 is 24.2 Å². The molecule has 0 bridgehead atoms. The maximum Gasteiger partial charge on any atom is 0.358 e. The Morgan fingerprint density at radius 1 is 1.55 bits per heavy atom. The Kier molecular flexibility index (Phi) is 4.46. The summed E-state index contributed by atoms with van der Waals surface area (Å²) in [6, 6.07) is 0. The fraction of sp³-hybridized carbons (Fsp3) is 0.500. The van der Waals surface area contributed by atoms with E-state index in [1.165, 1.54) is 19.5 Å². The number of carbonyl (C=O) groups excluding carboxylic acids is 1. The van der Waals surface area contributed by atoms with E-state index in [0.717, 1.165) is 0 Å². The first-order chi connectivity index (χ1) is 9.60. The van der Waals surface area contributed by atoms with E-state index in [9.17, 15) is 9.59 Å². The second-order valence-electron chi connectivity index (χ2n) is 4.29. The van der Waals surface area contributed by atoms with E-state index in [0.29, 0.717) is 25.5 Å². The van der Waals surface area contributed by atoms with Crippen LogP contribution in [0.3, 0.4) is 0 Å². The molecule has 108 valence electrons. The van der Waals surface area contributed by atoms with Crippen molar-refractivity contribution in [1.29, 1.82) is 0 Å². The van der Waals surface area contributed by atoms with Gasteiger partial charge in [-0.25, -0.2) is 9.78 Å². The Bertz CT molecular complexity index is 508. The van der Waals surface area contributed by atoms with Crippen LogP contribution in [-0.2, 0) is 14.3 Å². The molecule has 1 aliphatic rings. The number of anilines is 1. The van der Waals surface area contributed by atoms with E-state index in [2.05, 4.69) is 14.7 Å². The van der Waals surface area contributed by atoms with Crippen LogP contribution in [-0.4, -0.2) is 59.9 Å². The summed E-state index contributed by atoms with van der Waals surface area (Å²) in [5.41, 5.74) is 0.117.